The first-order valence-corrected chi connectivity index (χ1v) is 16.6. The van der Waals surface area contributed by atoms with Gasteiger partial charge >= 0.3 is 6.09 Å². The van der Waals surface area contributed by atoms with Crippen LogP contribution in [-0.2, 0) is 4.74 Å². The molecule has 0 saturated carbocycles. The lowest BCUT2D eigenvalue weighted by atomic mass is 10.0. The van der Waals surface area contributed by atoms with E-state index in [-0.39, 0.29) is 23.9 Å². The van der Waals surface area contributed by atoms with Crippen molar-refractivity contribution in [2.45, 2.75) is 77.6 Å². The van der Waals surface area contributed by atoms with Crippen molar-refractivity contribution < 1.29 is 23.1 Å². The molecule has 2 saturated heterocycles. The summed E-state index contributed by atoms with van der Waals surface area (Å²) < 4.78 is 37.4. The van der Waals surface area contributed by atoms with Crippen LogP contribution in [0.5, 0.6) is 0 Å². The van der Waals surface area contributed by atoms with Gasteiger partial charge in [0.05, 0.1) is 22.0 Å². The van der Waals surface area contributed by atoms with Crippen LogP contribution < -0.4 is 5.32 Å². The number of amides is 2. The molecule has 2 aromatic heterocycles. The number of imidazole rings is 1. The van der Waals surface area contributed by atoms with Crippen molar-refractivity contribution in [1.82, 2.24) is 24.5 Å². The standard InChI is InChI=1S/C34H41F2N5O3S/c1-21-17-29-30(19-25(21)31(42)37-12-6-13-39-15-10-23(35)11-16-39)45-32-38-27(20-41(29)32)24-9-8-22(18-26(24)36)28-7-5-14-40(28)33(43)44-34(2,3)4/h8-9,17-20,23,28H,5-7,10-16H2,1-4H3,(H,37,42)/t28-/m1/s1. The number of ether oxygens (including phenoxy) is 1. The zero-order valence-corrected chi connectivity index (χ0v) is 27.2. The molecule has 240 valence electrons. The number of likely N-dealkylation sites (tertiary alicyclic amines) is 2. The topological polar surface area (TPSA) is 79.2 Å². The molecule has 2 amide bonds. The molecule has 1 atom stereocenters. The fourth-order valence-electron chi connectivity index (χ4n) is 6.35. The number of aromatic nitrogens is 2. The first kappa shape index (κ1) is 31.4. The summed E-state index contributed by atoms with van der Waals surface area (Å²) in [5.74, 6) is -0.501. The minimum atomic E-state index is -0.681. The van der Waals surface area contributed by atoms with E-state index in [0.717, 1.165) is 60.2 Å². The first-order chi connectivity index (χ1) is 21.5. The molecule has 8 nitrogen and oxygen atoms in total. The Balaban J connectivity index is 1.14. The predicted molar refractivity (Wildman–Crippen MR) is 173 cm³/mol. The Morgan fingerprint density at radius 3 is 2.62 bits per heavy atom. The van der Waals surface area contributed by atoms with E-state index in [9.17, 15) is 14.0 Å². The molecule has 4 heterocycles. The molecule has 0 unspecified atom stereocenters. The fourth-order valence-corrected chi connectivity index (χ4v) is 7.38. The lowest BCUT2D eigenvalue weighted by Gasteiger charge is -2.29. The molecule has 0 aliphatic carbocycles. The Bertz CT molecular complexity index is 1720. The zero-order chi connectivity index (χ0) is 31.9. The Kier molecular flexibility index (Phi) is 8.85. The third kappa shape index (κ3) is 6.84. The summed E-state index contributed by atoms with van der Waals surface area (Å²) in [7, 11) is 0. The van der Waals surface area contributed by atoms with Gasteiger partial charge in [-0.1, -0.05) is 17.4 Å². The summed E-state index contributed by atoms with van der Waals surface area (Å²) in [6.07, 6.45) is 4.37. The van der Waals surface area contributed by atoms with Crippen LogP contribution in [0.1, 0.15) is 80.4 Å². The maximum atomic E-state index is 15.5. The highest BCUT2D eigenvalue weighted by molar-refractivity contribution is 7.23. The second kappa shape index (κ2) is 12.7. The molecule has 0 spiro atoms. The summed E-state index contributed by atoms with van der Waals surface area (Å²) in [4.78, 5) is 35.2. The molecule has 4 aromatic rings. The van der Waals surface area contributed by atoms with Crippen molar-refractivity contribution in [2.75, 3.05) is 32.7 Å². The van der Waals surface area contributed by atoms with Crippen molar-refractivity contribution >= 4 is 38.5 Å². The monoisotopic (exact) mass is 637 g/mol. The molecule has 0 radical (unpaired) electrons. The molecule has 2 fully saturated rings. The van der Waals surface area contributed by atoms with Crippen molar-refractivity contribution in [2.24, 2.45) is 0 Å². The van der Waals surface area contributed by atoms with Gasteiger partial charge in [-0.05, 0) is 102 Å². The van der Waals surface area contributed by atoms with Crippen molar-refractivity contribution in [3.8, 4) is 11.3 Å². The number of fused-ring (bicyclic) bond motifs is 3. The summed E-state index contributed by atoms with van der Waals surface area (Å²) >= 11 is 1.46. The molecule has 2 aliphatic rings. The van der Waals surface area contributed by atoms with Gasteiger partial charge in [-0.25, -0.2) is 18.6 Å². The molecule has 2 aliphatic heterocycles. The number of halogens is 2. The largest absolute Gasteiger partial charge is 0.444 e. The van der Waals surface area contributed by atoms with Crippen LogP contribution in [0.2, 0.25) is 0 Å². The second-order valence-electron chi connectivity index (χ2n) is 13.2. The highest BCUT2D eigenvalue weighted by Crippen LogP contribution is 2.36. The number of rotatable bonds is 7. The van der Waals surface area contributed by atoms with E-state index in [1.54, 1.807) is 11.0 Å². The lowest BCUT2D eigenvalue weighted by Crippen LogP contribution is -2.36. The minimum Gasteiger partial charge on any atom is -0.444 e. The number of nitrogens with one attached hydrogen (secondary N) is 1. The second-order valence-corrected chi connectivity index (χ2v) is 14.2. The van der Waals surface area contributed by atoms with Crippen molar-refractivity contribution in [1.29, 1.82) is 0 Å². The lowest BCUT2D eigenvalue weighted by molar-refractivity contribution is 0.0224. The number of carbonyl (C=O) groups excluding carboxylic acids is 2. The van der Waals surface area contributed by atoms with Crippen LogP contribution >= 0.6 is 11.3 Å². The van der Waals surface area contributed by atoms with E-state index >= 15 is 4.39 Å². The highest BCUT2D eigenvalue weighted by atomic mass is 32.1. The summed E-state index contributed by atoms with van der Waals surface area (Å²) in [5, 5.41) is 3.03. The Hall–Kier alpha value is -3.57. The molecule has 0 bridgehead atoms. The van der Waals surface area contributed by atoms with E-state index in [4.69, 9.17) is 9.72 Å². The van der Waals surface area contributed by atoms with E-state index < -0.39 is 11.8 Å². The first-order valence-electron chi connectivity index (χ1n) is 15.8. The van der Waals surface area contributed by atoms with E-state index in [1.807, 2.05) is 56.5 Å². The number of benzene rings is 2. The number of hydrogen-bond acceptors (Lipinski definition) is 6. The Labute approximate surface area is 266 Å². The fraction of sp³-hybridized carbons (Fsp3) is 0.500. The van der Waals surface area contributed by atoms with Gasteiger partial charge in [0.15, 0.2) is 4.96 Å². The number of aryl methyl sites for hydroxylation is 1. The number of nitrogens with zero attached hydrogens (tertiary/aromatic N) is 4. The molecular formula is C34H41F2N5O3S. The quantitative estimate of drug-likeness (QED) is 0.215. The van der Waals surface area contributed by atoms with Gasteiger partial charge in [-0.15, -0.1) is 0 Å². The summed E-state index contributed by atoms with van der Waals surface area (Å²) in [6, 6.07) is 8.77. The smallest absolute Gasteiger partial charge is 0.410 e. The van der Waals surface area contributed by atoms with Crippen LogP contribution in [-0.4, -0.2) is 75.7 Å². The van der Waals surface area contributed by atoms with Gasteiger partial charge in [-0.2, -0.15) is 0 Å². The number of thiazole rings is 1. The molecule has 2 aromatic carbocycles. The third-order valence-corrected chi connectivity index (χ3v) is 9.69. The number of alkyl halides is 1. The van der Waals surface area contributed by atoms with Crippen molar-refractivity contribution in [3.05, 3.63) is 59.0 Å². The number of hydrogen-bond donors (Lipinski definition) is 1. The van der Waals surface area contributed by atoms with E-state index in [1.165, 1.54) is 17.4 Å². The molecule has 6 rings (SSSR count). The maximum Gasteiger partial charge on any atom is 0.410 e. The van der Waals surface area contributed by atoms with Crippen LogP contribution in [0.4, 0.5) is 13.6 Å². The third-order valence-electron chi connectivity index (χ3n) is 8.67. The average Bonchev–Trinajstić information content (AvgIpc) is 3.70. The summed E-state index contributed by atoms with van der Waals surface area (Å²) in [5.41, 5.74) is 3.45. The minimum absolute atomic E-state index is 0.113. The van der Waals surface area contributed by atoms with Crippen LogP contribution in [0, 0.1) is 12.7 Å². The van der Waals surface area contributed by atoms with Crippen LogP contribution in [0.25, 0.3) is 26.4 Å². The van der Waals surface area contributed by atoms with Gasteiger partial charge in [0.25, 0.3) is 5.91 Å². The van der Waals surface area contributed by atoms with Gasteiger partial charge in [0.1, 0.15) is 17.6 Å². The zero-order valence-electron chi connectivity index (χ0n) is 26.4. The molecule has 45 heavy (non-hydrogen) atoms. The summed E-state index contributed by atoms with van der Waals surface area (Å²) in [6.45, 7) is 11.0. The molecule has 1 N–H and O–H groups in total. The van der Waals surface area contributed by atoms with E-state index in [2.05, 4.69) is 10.2 Å². The van der Waals surface area contributed by atoms with Gasteiger partial charge in [0, 0.05) is 43.5 Å². The van der Waals surface area contributed by atoms with Gasteiger partial charge in [-0.3, -0.25) is 9.20 Å². The van der Waals surface area contributed by atoms with Crippen molar-refractivity contribution in [3.63, 3.8) is 0 Å². The maximum absolute atomic E-state index is 15.5. The van der Waals surface area contributed by atoms with Crippen LogP contribution in [0.15, 0.2) is 36.5 Å². The Morgan fingerprint density at radius 1 is 1.11 bits per heavy atom. The normalized spacial score (nSPS) is 18.3. The number of piperidine rings is 1. The highest BCUT2D eigenvalue weighted by Gasteiger charge is 2.33. The average molecular weight is 638 g/mol. The molecule has 11 heteroatoms. The SMILES string of the molecule is Cc1cc2c(cc1C(=O)NCCCN1CCC(F)CC1)sc1nc(-c3ccc([C@H]4CCCN4C(=O)OC(C)(C)C)cc3F)cn12. The van der Waals surface area contributed by atoms with Crippen LogP contribution in [0.3, 0.4) is 0 Å². The number of carbonyl (C=O) groups is 2. The Morgan fingerprint density at radius 2 is 1.89 bits per heavy atom. The van der Waals surface area contributed by atoms with Gasteiger partial charge in [0.2, 0.25) is 0 Å². The van der Waals surface area contributed by atoms with E-state index in [0.29, 0.717) is 47.7 Å². The molecular weight excluding hydrogens is 596 g/mol. The predicted octanol–water partition coefficient (Wildman–Crippen LogP) is 7.29. The van der Waals surface area contributed by atoms with Gasteiger partial charge < -0.3 is 19.9 Å².